The van der Waals surface area contributed by atoms with Crippen molar-refractivity contribution in [3.63, 3.8) is 0 Å². The second kappa shape index (κ2) is 5.40. The number of allylic oxidation sites excluding steroid dienone is 2. The van der Waals surface area contributed by atoms with Crippen molar-refractivity contribution >= 4 is 0 Å². The van der Waals surface area contributed by atoms with Crippen molar-refractivity contribution in [2.75, 3.05) is 0 Å². The lowest BCUT2D eigenvalue weighted by molar-refractivity contribution is 0.616. The highest BCUT2D eigenvalue weighted by atomic mass is 14.1. The molecule has 0 fully saturated rings. The third-order valence-corrected chi connectivity index (χ3v) is 1.91. The highest BCUT2D eigenvalue weighted by Gasteiger charge is 2.01. The van der Waals surface area contributed by atoms with Crippen LogP contribution in [0, 0.1) is 5.92 Å². The molecule has 0 radical (unpaired) electrons. The minimum atomic E-state index is 0.812. The van der Waals surface area contributed by atoms with Gasteiger partial charge >= 0.3 is 0 Å². The Labute approximate surface area is 71.7 Å². The molecule has 0 bridgehead atoms. The Bertz CT molecular complexity index is 125. The summed E-state index contributed by atoms with van der Waals surface area (Å²) in [5, 5.41) is 0. The summed E-state index contributed by atoms with van der Waals surface area (Å²) in [6, 6.07) is 0. The van der Waals surface area contributed by atoms with Crippen LogP contribution in [0.4, 0.5) is 0 Å². The Hall–Kier alpha value is -0.260. The Morgan fingerprint density at radius 3 is 2.00 bits per heavy atom. The molecule has 0 aromatic carbocycles. The lowest BCUT2D eigenvalue weighted by Crippen LogP contribution is -1.93. The molecule has 0 aliphatic carbocycles. The van der Waals surface area contributed by atoms with Gasteiger partial charge < -0.3 is 0 Å². The van der Waals surface area contributed by atoms with E-state index in [0.29, 0.717) is 0 Å². The van der Waals surface area contributed by atoms with Crippen LogP contribution in [-0.4, -0.2) is 0 Å². The second-order valence-electron chi connectivity index (χ2n) is 3.95. The molecule has 66 valence electrons. The summed E-state index contributed by atoms with van der Waals surface area (Å²) in [6.07, 6.45) is 3.86. The van der Waals surface area contributed by atoms with E-state index in [1.807, 2.05) is 0 Å². The molecule has 0 aromatic heterocycles. The molecular weight excluding hydrogens is 132 g/mol. The van der Waals surface area contributed by atoms with Gasteiger partial charge in [0.05, 0.1) is 0 Å². The number of hydrogen-bond donors (Lipinski definition) is 0. The van der Waals surface area contributed by atoms with E-state index in [1.165, 1.54) is 24.8 Å². The van der Waals surface area contributed by atoms with Crippen molar-refractivity contribution in [2.45, 2.75) is 53.9 Å². The first-order valence-corrected chi connectivity index (χ1v) is 4.73. The summed E-state index contributed by atoms with van der Waals surface area (Å²) >= 11 is 0. The minimum Gasteiger partial charge on any atom is -0.0772 e. The van der Waals surface area contributed by atoms with Crippen molar-refractivity contribution in [3.8, 4) is 0 Å². The van der Waals surface area contributed by atoms with Gasteiger partial charge in [0, 0.05) is 0 Å². The average Bonchev–Trinajstić information content (AvgIpc) is 1.86. The predicted octanol–water partition coefficient (Wildman–Crippen LogP) is 4.17. The molecule has 0 heteroatoms. The van der Waals surface area contributed by atoms with Crippen molar-refractivity contribution in [1.82, 2.24) is 0 Å². The van der Waals surface area contributed by atoms with Crippen LogP contribution in [0.15, 0.2) is 11.1 Å². The van der Waals surface area contributed by atoms with Gasteiger partial charge in [0.1, 0.15) is 0 Å². The molecule has 0 rings (SSSR count). The molecule has 0 N–H and O–H groups in total. The molecule has 0 atom stereocenters. The average molecular weight is 154 g/mol. The van der Waals surface area contributed by atoms with E-state index < -0.39 is 0 Å². The molecule has 0 aromatic rings. The second-order valence-corrected chi connectivity index (χ2v) is 3.95. The zero-order valence-electron chi connectivity index (χ0n) is 8.70. The molecule has 0 unspecified atom stereocenters. The monoisotopic (exact) mass is 154 g/mol. The molecule has 0 nitrogen and oxygen atoms in total. The maximum atomic E-state index is 2.29. The highest BCUT2D eigenvalue weighted by Crippen LogP contribution is 2.19. The zero-order chi connectivity index (χ0) is 8.85. The number of hydrogen-bond acceptors (Lipinski definition) is 0. The summed E-state index contributed by atoms with van der Waals surface area (Å²) in [5.74, 6) is 0.812. The van der Waals surface area contributed by atoms with Gasteiger partial charge in [0.2, 0.25) is 0 Å². The molecule has 0 aliphatic heterocycles. The number of rotatable bonds is 4. The van der Waals surface area contributed by atoms with Gasteiger partial charge in [-0.2, -0.15) is 0 Å². The minimum absolute atomic E-state index is 0.812. The smallest absolute Gasteiger partial charge is 0.0295 e. The van der Waals surface area contributed by atoms with E-state index in [9.17, 15) is 0 Å². The van der Waals surface area contributed by atoms with Crippen LogP contribution >= 0.6 is 0 Å². The maximum absolute atomic E-state index is 2.29. The lowest BCUT2D eigenvalue weighted by Gasteiger charge is -2.11. The van der Waals surface area contributed by atoms with Crippen molar-refractivity contribution in [3.05, 3.63) is 11.1 Å². The summed E-state index contributed by atoms with van der Waals surface area (Å²) in [5.41, 5.74) is 3.20. The van der Waals surface area contributed by atoms with Crippen LogP contribution in [0.25, 0.3) is 0 Å². The van der Waals surface area contributed by atoms with Gasteiger partial charge in [0.15, 0.2) is 0 Å². The summed E-state index contributed by atoms with van der Waals surface area (Å²) in [6.45, 7) is 11.3. The first-order valence-electron chi connectivity index (χ1n) is 4.73. The molecule has 0 saturated carbocycles. The standard InChI is InChI=1S/C11H22/c1-6-7-11(10(4)5)8-9(2)3/h9H,6-8H2,1-5H3. The fourth-order valence-corrected chi connectivity index (χ4v) is 1.35. The van der Waals surface area contributed by atoms with E-state index in [2.05, 4.69) is 34.6 Å². The largest absolute Gasteiger partial charge is 0.0772 e. The lowest BCUT2D eigenvalue weighted by atomic mass is 9.96. The van der Waals surface area contributed by atoms with Crippen LogP contribution in [0.5, 0.6) is 0 Å². The normalized spacial score (nSPS) is 10.4. The third kappa shape index (κ3) is 5.06. The van der Waals surface area contributed by atoms with Gasteiger partial charge in [-0.15, -0.1) is 0 Å². The zero-order valence-corrected chi connectivity index (χ0v) is 8.70. The first-order chi connectivity index (χ1) is 5.07. The SMILES string of the molecule is CCCC(CC(C)C)=C(C)C. The van der Waals surface area contributed by atoms with E-state index in [1.54, 1.807) is 5.57 Å². The van der Waals surface area contributed by atoms with Crippen molar-refractivity contribution < 1.29 is 0 Å². The van der Waals surface area contributed by atoms with E-state index in [0.717, 1.165) is 5.92 Å². The fourth-order valence-electron chi connectivity index (χ4n) is 1.35. The molecule has 0 saturated heterocycles. The first kappa shape index (κ1) is 10.7. The topological polar surface area (TPSA) is 0 Å². The maximum Gasteiger partial charge on any atom is -0.0295 e. The molecule has 11 heavy (non-hydrogen) atoms. The predicted molar refractivity (Wildman–Crippen MR) is 52.7 cm³/mol. The molecule has 0 aliphatic rings. The molecule has 0 amide bonds. The third-order valence-electron chi connectivity index (χ3n) is 1.91. The summed E-state index contributed by atoms with van der Waals surface area (Å²) < 4.78 is 0. The van der Waals surface area contributed by atoms with Gasteiger partial charge in [-0.3, -0.25) is 0 Å². The van der Waals surface area contributed by atoms with Gasteiger partial charge in [-0.05, 0) is 32.6 Å². The Kier molecular flexibility index (Phi) is 5.27. The Morgan fingerprint density at radius 1 is 1.18 bits per heavy atom. The van der Waals surface area contributed by atoms with Crippen LogP contribution in [0.3, 0.4) is 0 Å². The molecule has 0 heterocycles. The summed E-state index contributed by atoms with van der Waals surface area (Å²) in [4.78, 5) is 0. The van der Waals surface area contributed by atoms with Crippen LogP contribution in [0.1, 0.15) is 53.9 Å². The van der Waals surface area contributed by atoms with Crippen LogP contribution in [0.2, 0.25) is 0 Å². The quantitative estimate of drug-likeness (QED) is 0.533. The molecule has 0 spiro atoms. The van der Waals surface area contributed by atoms with Crippen molar-refractivity contribution in [1.29, 1.82) is 0 Å². The van der Waals surface area contributed by atoms with Crippen molar-refractivity contribution in [2.24, 2.45) is 5.92 Å². The van der Waals surface area contributed by atoms with E-state index >= 15 is 0 Å². The van der Waals surface area contributed by atoms with Gasteiger partial charge in [-0.1, -0.05) is 38.3 Å². The van der Waals surface area contributed by atoms with E-state index in [4.69, 9.17) is 0 Å². The van der Waals surface area contributed by atoms with Crippen LogP contribution < -0.4 is 0 Å². The van der Waals surface area contributed by atoms with Gasteiger partial charge in [-0.25, -0.2) is 0 Å². The fraction of sp³-hybridized carbons (Fsp3) is 0.818. The highest BCUT2D eigenvalue weighted by molar-refractivity contribution is 5.09. The molecular formula is C11H22. The Balaban J connectivity index is 4.02. The van der Waals surface area contributed by atoms with Crippen LogP contribution in [-0.2, 0) is 0 Å². The van der Waals surface area contributed by atoms with Gasteiger partial charge in [0.25, 0.3) is 0 Å². The summed E-state index contributed by atoms with van der Waals surface area (Å²) in [7, 11) is 0. The van der Waals surface area contributed by atoms with E-state index in [-0.39, 0.29) is 0 Å². The Morgan fingerprint density at radius 2 is 1.73 bits per heavy atom.